The summed E-state index contributed by atoms with van der Waals surface area (Å²) in [7, 11) is 3.24. The van der Waals surface area contributed by atoms with Crippen LogP contribution in [0.2, 0.25) is 0 Å². The summed E-state index contributed by atoms with van der Waals surface area (Å²) in [6.07, 6.45) is 3.37. The van der Waals surface area contributed by atoms with Crippen LogP contribution in [0.5, 0.6) is 17.2 Å². The Labute approximate surface area is 177 Å². The highest BCUT2D eigenvalue weighted by molar-refractivity contribution is 6.06. The van der Waals surface area contributed by atoms with Crippen LogP contribution in [-0.2, 0) is 6.61 Å². The van der Waals surface area contributed by atoms with E-state index in [1.54, 1.807) is 50.6 Å². The van der Waals surface area contributed by atoms with Gasteiger partial charge in [-0.2, -0.15) is 0 Å². The third-order valence-electron chi connectivity index (χ3n) is 4.89. The maximum atomic E-state index is 12.4. The van der Waals surface area contributed by atoms with Gasteiger partial charge in [-0.1, -0.05) is 30.3 Å². The van der Waals surface area contributed by atoms with Crippen LogP contribution in [0, 0.1) is 13.8 Å². The Morgan fingerprint density at radius 2 is 1.60 bits per heavy atom. The Kier molecular flexibility index (Phi) is 6.91. The van der Waals surface area contributed by atoms with Gasteiger partial charge >= 0.3 is 0 Å². The summed E-state index contributed by atoms with van der Waals surface area (Å²) in [6, 6.07) is 18.9. The molecule has 4 heteroatoms. The Morgan fingerprint density at radius 1 is 0.900 bits per heavy atom. The fourth-order valence-electron chi connectivity index (χ4n) is 3.22. The van der Waals surface area contributed by atoms with Gasteiger partial charge in [-0.05, 0) is 73.0 Å². The lowest BCUT2D eigenvalue weighted by Crippen LogP contribution is -2.01. The molecule has 0 heterocycles. The number of benzene rings is 3. The summed E-state index contributed by atoms with van der Waals surface area (Å²) in [5, 5.41) is 0. The molecule has 4 nitrogen and oxygen atoms in total. The zero-order valence-corrected chi connectivity index (χ0v) is 17.8. The fourth-order valence-corrected chi connectivity index (χ4v) is 3.22. The van der Waals surface area contributed by atoms with Crippen LogP contribution in [0.25, 0.3) is 6.08 Å². The molecular formula is C26H26O4. The van der Waals surface area contributed by atoms with Crippen molar-refractivity contribution in [1.82, 2.24) is 0 Å². The molecule has 0 aliphatic carbocycles. The van der Waals surface area contributed by atoms with Gasteiger partial charge in [-0.15, -0.1) is 0 Å². The maximum Gasteiger partial charge on any atom is 0.185 e. The van der Waals surface area contributed by atoms with E-state index in [1.165, 1.54) is 0 Å². The fraction of sp³-hybridized carbons (Fsp3) is 0.192. The minimum absolute atomic E-state index is 0.0678. The number of carbonyl (C=O) groups is 1. The SMILES string of the molecule is COc1ccc(C(=O)C=Cc2ccc(OC)c(COc3c(C)cccc3C)c2)cc1. The first-order valence-corrected chi connectivity index (χ1v) is 9.74. The van der Waals surface area contributed by atoms with Gasteiger partial charge in [0.1, 0.15) is 23.9 Å². The van der Waals surface area contributed by atoms with Gasteiger partial charge in [0.15, 0.2) is 5.78 Å². The molecule has 0 saturated heterocycles. The number of ketones is 1. The third kappa shape index (κ3) is 5.09. The lowest BCUT2D eigenvalue weighted by atomic mass is 10.1. The molecule has 0 saturated carbocycles. The predicted molar refractivity (Wildman–Crippen MR) is 120 cm³/mol. The molecule has 0 amide bonds. The second-order valence-electron chi connectivity index (χ2n) is 7.01. The molecule has 0 unspecified atom stereocenters. The average Bonchev–Trinajstić information content (AvgIpc) is 2.77. The van der Waals surface area contributed by atoms with Crippen molar-refractivity contribution < 1.29 is 19.0 Å². The van der Waals surface area contributed by atoms with Crippen LogP contribution in [0.15, 0.2) is 66.7 Å². The Hall–Kier alpha value is -3.53. The van der Waals surface area contributed by atoms with E-state index in [0.717, 1.165) is 39.5 Å². The molecule has 30 heavy (non-hydrogen) atoms. The maximum absolute atomic E-state index is 12.4. The normalized spacial score (nSPS) is 10.8. The van der Waals surface area contributed by atoms with E-state index < -0.39 is 0 Å². The third-order valence-corrected chi connectivity index (χ3v) is 4.89. The van der Waals surface area contributed by atoms with Crippen molar-refractivity contribution in [3.8, 4) is 17.2 Å². The van der Waals surface area contributed by atoms with E-state index in [1.807, 2.05) is 50.2 Å². The van der Waals surface area contributed by atoms with E-state index >= 15 is 0 Å². The summed E-state index contributed by atoms with van der Waals surface area (Å²) in [5.41, 5.74) is 4.61. The van der Waals surface area contributed by atoms with Crippen LogP contribution in [-0.4, -0.2) is 20.0 Å². The molecule has 0 spiro atoms. The van der Waals surface area contributed by atoms with Crippen molar-refractivity contribution in [3.63, 3.8) is 0 Å². The van der Waals surface area contributed by atoms with E-state index in [4.69, 9.17) is 14.2 Å². The largest absolute Gasteiger partial charge is 0.497 e. The number of carbonyl (C=O) groups excluding carboxylic acids is 1. The van der Waals surface area contributed by atoms with Crippen LogP contribution >= 0.6 is 0 Å². The zero-order chi connectivity index (χ0) is 21.5. The van der Waals surface area contributed by atoms with Crippen LogP contribution in [0.3, 0.4) is 0 Å². The standard InChI is InChI=1S/C26H26O4/c1-18-6-5-7-19(2)26(18)30-17-22-16-20(9-15-25(22)29-4)8-14-24(27)21-10-12-23(28-3)13-11-21/h5-16H,17H2,1-4H3. The van der Waals surface area contributed by atoms with Crippen molar-refractivity contribution in [2.45, 2.75) is 20.5 Å². The second-order valence-corrected chi connectivity index (χ2v) is 7.01. The highest BCUT2D eigenvalue weighted by atomic mass is 16.5. The topological polar surface area (TPSA) is 44.8 Å². The molecule has 0 aromatic heterocycles. The van der Waals surface area contributed by atoms with Crippen LogP contribution in [0.4, 0.5) is 0 Å². The minimum Gasteiger partial charge on any atom is -0.497 e. The number of rotatable bonds is 8. The first-order chi connectivity index (χ1) is 14.5. The van der Waals surface area contributed by atoms with Crippen molar-refractivity contribution in [3.05, 3.63) is 94.6 Å². The van der Waals surface area contributed by atoms with Gasteiger partial charge in [0.25, 0.3) is 0 Å². The molecule has 3 aromatic carbocycles. The van der Waals surface area contributed by atoms with Crippen molar-refractivity contribution >= 4 is 11.9 Å². The Bertz CT molecular complexity index is 1030. The van der Waals surface area contributed by atoms with E-state index in [2.05, 4.69) is 0 Å². The quantitative estimate of drug-likeness (QED) is 0.353. The van der Waals surface area contributed by atoms with E-state index in [9.17, 15) is 4.79 Å². The minimum atomic E-state index is -0.0678. The number of ether oxygens (including phenoxy) is 3. The lowest BCUT2D eigenvalue weighted by Gasteiger charge is -2.14. The number of hydrogen-bond acceptors (Lipinski definition) is 4. The monoisotopic (exact) mass is 402 g/mol. The van der Waals surface area contributed by atoms with Gasteiger partial charge in [0.2, 0.25) is 0 Å². The van der Waals surface area contributed by atoms with E-state index in [0.29, 0.717) is 12.2 Å². The lowest BCUT2D eigenvalue weighted by molar-refractivity contribution is 0.104. The summed E-state index contributed by atoms with van der Waals surface area (Å²) < 4.78 is 16.7. The number of allylic oxidation sites excluding steroid dienone is 1. The number of hydrogen-bond donors (Lipinski definition) is 0. The predicted octanol–water partition coefficient (Wildman–Crippen LogP) is 5.80. The molecular weight excluding hydrogens is 376 g/mol. The van der Waals surface area contributed by atoms with Gasteiger partial charge in [0, 0.05) is 11.1 Å². The molecule has 154 valence electrons. The zero-order valence-electron chi connectivity index (χ0n) is 17.8. The number of methoxy groups -OCH3 is 2. The molecule has 0 fully saturated rings. The molecule has 0 aliphatic rings. The molecule has 0 atom stereocenters. The van der Waals surface area contributed by atoms with Crippen LogP contribution < -0.4 is 14.2 Å². The smallest absolute Gasteiger partial charge is 0.185 e. The molecule has 3 rings (SSSR count). The van der Waals surface area contributed by atoms with Crippen molar-refractivity contribution in [1.29, 1.82) is 0 Å². The molecule has 0 N–H and O–H groups in total. The molecule has 0 bridgehead atoms. The number of para-hydroxylation sites is 1. The summed E-state index contributed by atoms with van der Waals surface area (Å²) >= 11 is 0. The first kappa shape index (κ1) is 21.2. The van der Waals surface area contributed by atoms with E-state index in [-0.39, 0.29) is 5.78 Å². The molecule has 0 aliphatic heterocycles. The van der Waals surface area contributed by atoms with Gasteiger partial charge in [-0.3, -0.25) is 4.79 Å². The number of aryl methyl sites for hydroxylation is 2. The molecule has 0 radical (unpaired) electrons. The molecule has 3 aromatic rings. The highest BCUT2D eigenvalue weighted by Gasteiger charge is 2.09. The van der Waals surface area contributed by atoms with Crippen molar-refractivity contribution in [2.75, 3.05) is 14.2 Å². The van der Waals surface area contributed by atoms with Crippen molar-refractivity contribution in [2.24, 2.45) is 0 Å². The van der Waals surface area contributed by atoms with Gasteiger partial charge in [-0.25, -0.2) is 0 Å². The summed E-state index contributed by atoms with van der Waals surface area (Å²) in [6.45, 7) is 4.44. The first-order valence-electron chi connectivity index (χ1n) is 9.74. The second kappa shape index (κ2) is 9.79. The average molecular weight is 402 g/mol. The Balaban J connectivity index is 1.76. The van der Waals surface area contributed by atoms with Gasteiger partial charge < -0.3 is 14.2 Å². The highest BCUT2D eigenvalue weighted by Crippen LogP contribution is 2.27. The summed E-state index contributed by atoms with van der Waals surface area (Å²) in [5.74, 6) is 2.29. The van der Waals surface area contributed by atoms with Crippen LogP contribution in [0.1, 0.15) is 32.6 Å². The van der Waals surface area contributed by atoms with Gasteiger partial charge in [0.05, 0.1) is 14.2 Å². The summed E-state index contributed by atoms with van der Waals surface area (Å²) in [4.78, 5) is 12.4. The Morgan fingerprint density at radius 3 is 2.23 bits per heavy atom.